The first kappa shape index (κ1) is 15.6. The van der Waals surface area contributed by atoms with Gasteiger partial charge in [0.15, 0.2) is 0 Å². The maximum Gasteiger partial charge on any atom is 0.143 e. The van der Waals surface area contributed by atoms with Crippen LogP contribution in [0.3, 0.4) is 0 Å². The third-order valence-corrected chi connectivity index (χ3v) is 5.29. The second-order valence-corrected chi connectivity index (χ2v) is 7.21. The lowest BCUT2D eigenvalue weighted by Gasteiger charge is -2.52. The van der Waals surface area contributed by atoms with Gasteiger partial charge in [-0.25, -0.2) is 0 Å². The molecule has 2 aliphatic rings. The fourth-order valence-electron chi connectivity index (χ4n) is 4.08. The zero-order chi connectivity index (χ0) is 16.3. The van der Waals surface area contributed by atoms with Crippen molar-refractivity contribution in [3.63, 3.8) is 0 Å². The van der Waals surface area contributed by atoms with Gasteiger partial charge >= 0.3 is 0 Å². The standard InChI is InChI=1S/C16H19ClN2O3/c1-10-12(4-3-11(7-18)13(10)17)19-15(21)5-6-16(19,22)9-14(2,20)8-15/h3-4,20-22H,5-6,8-9H2,1-2H3/t14?,15-,16+. The summed E-state index contributed by atoms with van der Waals surface area (Å²) in [6.45, 7) is 3.39. The van der Waals surface area contributed by atoms with Crippen molar-refractivity contribution in [3.8, 4) is 6.07 Å². The third-order valence-electron chi connectivity index (χ3n) is 4.81. The molecule has 0 amide bonds. The monoisotopic (exact) mass is 322 g/mol. The number of hydrogen-bond acceptors (Lipinski definition) is 5. The van der Waals surface area contributed by atoms with E-state index in [0.29, 0.717) is 34.7 Å². The number of hydrogen-bond donors (Lipinski definition) is 3. The van der Waals surface area contributed by atoms with Crippen LogP contribution in [0.1, 0.15) is 43.7 Å². The second-order valence-electron chi connectivity index (χ2n) is 6.83. The molecule has 2 bridgehead atoms. The molecule has 0 radical (unpaired) electrons. The van der Waals surface area contributed by atoms with Gasteiger partial charge in [-0.2, -0.15) is 5.26 Å². The van der Waals surface area contributed by atoms with E-state index in [4.69, 9.17) is 16.9 Å². The Morgan fingerprint density at radius 2 is 1.73 bits per heavy atom. The van der Waals surface area contributed by atoms with E-state index >= 15 is 0 Å². The van der Waals surface area contributed by atoms with Gasteiger partial charge < -0.3 is 20.2 Å². The lowest BCUT2D eigenvalue weighted by Crippen LogP contribution is -2.64. The van der Waals surface area contributed by atoms with E-state index < -0.39 is 17.1 Å². The Balaban J connectivity index is 2.14. The van der Waals surface area contributed by atoms with E-state index in [1.54, 1.807) is 30.9 Å². The molecule has 1 aromatic rings. The molecule has 6 heteroatoms. The Labute approximate surface area is 134 Å². The highest BCUT2D eigenvalue weighted by molar-refractivity contribution is 6.32. The van der Waals surface area contributed by atoms with Gasteiger partial charge in [0.1, 0.15) is 17.5 Å². The molecule has 2 fully saturated rings. The zero-order valence-corrected chi connectivity index (χ0v) is 13.4. The molecular weight excluding hydrogens is 304 g/mol. The van der Waals surface area contributed by atoms with Gasteiger partial charge in [-0.3, -0.25) is 0 Å². The number of fused-ring (bicyclic) bond motifs is 2. The Bertz CT molecular complexity index is 663. The molecule has 2 saturated heterocycles. The van der Waals surface area contributed by atoms with E-state index in [-0.39, 0.29) is 12.8 Å². The number of piperidine rings is 1. The number of nitriles is 1. The lowest BCUT2D eigenvalue weighted by molar-refractivity contribution is -0.131. The summed E-state index contributed by atoms with van der Waals surface area (Å²) in [5, 5.41) is 41.7. The molecule has 2 aliphatic heterocycles. The van der Waals surface area contributed by atoms with Gasteiger partial charge in [-0.05, 0) is 44.4 Å². The summed E-state index contributed by atoms with van der Waals surface area (Å²) in [7, 11) is 0. The van der Waals surface area contributed by atoms with Crippen molar-refractivity contribution >= 4 is 17.3 Å². The molecule has 0 aliphatic carbocycles. The van der Waals surface area contributed by atoms with Crippen molar-refractivity contribution in [1.29, 1.82) is 5.26 Å². The van der Waals surface area contributed by atoms with Crippen LogP contribution in [-0.2, 0) is 0 Å². The molecule has 1 aromatic carbocycles. The summed E-state index contributed by atoms with van der Waals surface area (Å²) in [5.41, 5.74) is -2.17. The van der Waals surface area contributed by atoms with Gasteiger partial charge in [-0.1, -0.05) is 11.6 Å². The quantitative estimate of drug-likeness (QED) is 0.736. The van der Waals surface area contributed by atoms with E-state index in [1.807, 2.05) is 6.07 Å². The first-order valence-electron chi connectivity index (χ1n) is 7.29. The number of nitrogens with zero attached hydrogens (tertiary/aromatic N) is 2. The maximum absolute atomic E-state index is 11.0. The van der Waals surface area contributed by atoms with Crippen molar-refractivity contribution in [2.24, 2.45) is 0 Å². The number of rotatable bonds is 1. The summed E-state index contributed by atoms with van der Waals surface area (Å²) >= 11 is 6.22. The Morgan fingerprint density at radius 1 is 1.18 bits per heavy atom. The van der Waals surface area contributed by atoms with Crippen molar-refractivity contribution in [2.75, 3.05) is 4.90 Å². The molecule has 1 unspecified atom stereocenters. The van der Waals surface area contributed by atoms with Crippen LogP contribution in [-0.4, -0.2) is 32.4 Å². The summed E-state index contributed by atoms with van der Waals surface area (Å²) in [5.74, 6) is 0. The van der Waals surface area contributed by atoms with E-state index in [1.165, 1.54) is 0 Å². The molecule has 5 nitrogen and oxygen atoms in total. The van der Waals surface area contributed by atoms with Gasteiger partial charge in [0, 0.05) is 18.5 Å². The van der Waals surface area contributed by atoms with E-state index in [9.17, 15) is 15.3 Å². The van der Waals surface area contributed by atoms with Crippen LogP contribution in [0.5, 0.6) is 0 Å². The largest absolute Gasteiger partial charge is 0.390 e. The average Bonchev–Trinajstić information content (AvgIpc) is 2.57. The second kappa shape index (κ2) is 4.59. The Hall–Kier alpha value is -1.32. The minimum absolute atomic E-state index is 0.152. The number of anilines is 1. The SMILES string of the molecule is Cc1c(N2[C@@]3(O)CC[C@]2(O)CC(C)(O)C3)ccc(C#N)c1Cl. The van der Waals surface area contributed by atoms with Crippen LogP contribution in [0, 0.1) is 18.3 Å². The molecule has 22 heavy (non-hydrogen) atoms. The van der Waals surface area contributed by atoms with Crippen LogP contribution >= 0.6 is 11.6 Å². The first-order chi connectivity index (χ1) is 10.1. The van der Waals surface area contributed by atoms with Crippen LogP contribution < -0.4 is 4.90 Å². The van der Waals surface area contributed by atoms with Crippen molar-refractivity contribution in [3.05, 3.63) is 28.3 Å². The summed E-state index contributed by atoms with van der Waals surface area (Å²) in [6.07, 6.45) is 1.05. The number of benzene rings is 1. The number of aliphatic hydroxyl groups is 3. The summed E-state index contributed by atoms with van der Waals surface area (Å²) in [6, 6.07) is 5.30. The third kappa shape index (κ3) is 2.10. The van der Waals surface area contributed by atoms with Crippen molar-refractivity contribution < 1.29 is 15.3 Å². The highest BCUT2D eigenvalue weighted by atomic mass is 35.5. The highest BCUT2D eigenvalue weighted by Crippen LogP contribution is 2.54. The normalized spacial score (nSPS) is 37.2. The van der Waals surface area contributed by atoms with Gasteiger partial charge in [0.25, 0.3) is 0 Å². The molecule has 0 aromatic heterocycles. The summed E-state index contributed by atoms with van der Waals surface area (Å²) in [4.78, 5) is 1.57. The molecule has 0 saturated carbocycles. The summed E-state index contributed by atoms with van der Waals surface area (Å²) < 4.78 is 0. The molecule has 118 valence electrons. The highest BCUT2D eigenvalue weighted by Gasteiger charge is 2.62. The molecule has 0 spiro atoms. The fraction of sp³-hybridized carbons (Fsp3) is 0.562. The van der Waals surface area contributed by atoms with Gasteiger partial charge in [-0.15, -0.1) is 0 Å². The predicted molar refractivity (Wildman–Crippen MR) is 82.4 cm³/mol. The minimum atomic E-state index is -1.32. The van der Waals surface area contributed by atoms with Crippen LogP contribution in [0.25, 0.3) is 0 Å². The fourth-order valence-corrected chi connectivity index (χ4v) is 4.28. The minimum Gasteiger partial charge on any atom is -0.390 e. The maximum atomic E-state index is 11.0. The smallest absolute Gasteiger partial charge is 0.143 e. The van der Waals surface area contributed by atoms with Crippen molar-refractivity contribution in [2.45, 2.75) is 56.6 Å². The molecule has 2 heterocycles. The van der Waals surface area contributed by atoms with Gasteiger partial charge in [0.05, 0.1) is 16.2 Å². The molecule has 3 rings (SSSR count). The van der Waals surface area contributed by atoms with E-state index in [0.717, 1.165) is 0 Å². The topological polar surface area (TPSA) is 87.7 Å². The molecule has 3 N–H and O–H groups in total. The zero-order valence-electron chi connectivity index (χ0n) is 12.6. The average molecular weight is 323 g/mol. The molecule has 3 atom stereocenters. The Kier molecular flexibility index (Phi) is 3.25. The molecular formula is C16H19ClN2O3. The van der Waals surface area contributed by atoms with Crippen LogP contribution in [0.15, 0.2) is 12.1 Å². The Morgan fingerprint density at radius 3 is 2.23 bits per heavy atom. The lowest BCUT2D eigenvalue weighted by atomic mass is 9.83. The predicted octanol–water partition coefficient (Wildman–Crippen LogP) is 2.04. The van der Waals surface area contributed by atoms with Crippen LogP contribution in [0.2, 0.25) is 5.02 Å². The number of halogens is 1. The first-order valence-corrected chi connectivity index (χ1v) is 7.66. The van der Waals surface area contributed by atoms with E-state index in [2.05, 4.69) is 0 Å². The van der Waals surface area contributed by atoms with Gasteiger partial charge in [0.2, 0.25) is 0 Å². The van der Waals surface area contributed by atoms with Crippen molar-refractivity contribution in [1.82, 2.24) is 0 Å². The van der Waals surface area contributed by atoms with Crippen LogP contribution in [0.4, 0.5) is 5.69 Å².